The summed E-state index contributed by atoms with van der Waals surface area (Å²) in [7, 11) is 0. The highest BCUT2D eigenvalue weighted by molar-refractivity contribution is 5.82. The fourth-order valence-corrected chi connectivity index (χ4v) is 2.11. The maximum Gasteiger partial charge on any atom is 0.326 e. The van der Waals surface area contributed by atoms with Crippen LogP contribution in [0.3, 0.4) is 0 Å². The lowest BCUT2D eigenvalue weighted by Gasteiger charge is -2.26. The molecule has 4 N–H and O–H groups in total. The average molecular weight is 273 g/mol. The first-order valence-electron chi connectivity index (χ1n) is 6.74. The van der Waals surface area contributed by atoms with Gasteiger partial charge in [-0.15, -0.1) is 0 Å². The van der Waals surface area contributed by atoms with Crippen LogP contribution in [0.15, 0.2) is 0 Å². The van der Waals surface area contributed by atoms with Crippen molar-refractivity contribution < 1.29 is 19.8 Å². The van der Waals surface area contributed by atoms with Crippen molar-refractivity contribution in [3.05, 3.63) is 0 Å². The molecule has 7 nitrogen and oxygen atoms in total. The molecule has 7 heteroatoms. The van der Waals surface area contributed by atoms with Crippen LogP contribution in [0.5, 0.6) is 0 Å². The summed E-state index contributed by atoms with van der Waals surface area (Å²) in [5.41, 5.74) is 0. The number of urea groups is 1. The molecular weight excluding hydrogens is 250 g/mol. The van der Waals surface area contributed by atoms with Gasteiger partial charge in [-0.1, -0.05) is 6.42 Å². The Labute approximate surface area is 113 Å². The topological polar surface area (TPSA) is 102 Å². The number of aliphatic hydroxyl groups excluding tert-OH is 1. The molecule has 1 rings (SSSR count). The van der Waals surface area contributed by atoms with Crippen LogP contribution < -0.4 is 10.6 Å². The van der Waals surface area contributed by atoms with Gasteiger partial charge < -0.3 is 25.7 Å². The number of nitrogens with one attached hydrogen (secondary N) is 2. The molecule has 1 heterocycles. The highest BCUT2D eigenvalue weighted by Crippen LogP contribution is 2.07. The predicted molar refractivity (Wildman–Crippen MR) is 70.0 cm³/mol. The maximum atomic E-state index is 11.5. The first-order valence-corrected chi connectivity index (χ1v) is 6.74. The third-order valence-corrected chi connectivity index (χ3v) is 3.18. The van der Waals surface area contributed by atoms with E-state index in [1.807, 2.05) is 0 Å². The Morgan fingerprint density at radius 1 is 1.21 bits per heavy atom. The standard InChI is InChI=1S/C12H23N3O4/c16-9-4-10(11(17)18)14-12(19)13-5-8-15-6-2-1-3-7-15/h10,16H,1-9H2,(H,17,18)(H2,13,14,19)/t10-/m0/s1. The monoisotopic (exact) mass is 273 g/mol. The van der Waals surface area contributed by atoms with Gasteiger partial charge in [0.05, 0.1) is 0 Å². The van der Waals surface area contributed by atoms with E-state index >= 15 is 0 Å². The average Bonchev–Trinajstić information content (AvgIpc) is 2.39. The number of amides is 2. The second kappa shape index (κ2) is 8.71. The van der Waals surface area contributed by atoms with Gasteiger partial charge in [0.2, 0.25) is 0 Å². The number of rotatable bonds is 7. The van der Waals surface area contributed by atoms with Gasteiger partial charge in [-0.2, -0.15) is 0 Å². The zero-order valence-corrected chi connectivity index (χ0v) is 11.1. The van der Waals surface area contributed by atoms with Crippen LogP contribution >= 0.6 is 0 Å². The fraction of sp³-hybridized carbons (Fsp3) is 0.833. The molecule has 0 aliphatic carbocycles. The van der Waals surface area contributed by atoms with Crippen LogP contribution in [0.2, 0.25) is 0 Å². The number of carbonyl (C=O) groups is 2. The van der Waals surface area contributed by atoms with Crippen LogP contribution in [-0.2, 0) is 4.79 Å². The Morgan fingerprint density at radius 3 is 2.47 bits per heavy atom. The second-order valence-corrected chi connectivity index (χ2v) is 4.71. The number of carboxylic acid groups (broad SMARTS) is 1. The fourth-order valence-electron chi connectivity index (χ4n) is 2.11. The lowest BCUT2D eigenvalue weighted by molar-refractivity contribution is -0.139. The number of nitrogens with zero attached hydrogens (tertiary/aromatic N) is 1. The normalized spacial score (nSPS) is 17.7. The molecule has 0 bridgehead atoms. The second-order valence-electron chi connectivity index (χ2n) is 4.71. The van der Waals surface area contributed by atoms with E-state index in [0.717, 1.165) is 19.6 Å². The molecule has 2 amide bonds. The van der Waals surface area contributed by atoms with Crippen molar-refractivity contribution in [2.75, 3.05) is 32.8 Å². The van der Waals surface area contributed by atoms with Gasteiger partial charge >= 0.3 is 12.0 Å². The minimum atomic E-state index is -1.14. The molecular formula is C12H23N3O4. The number of hydrogen-bond acceptors (Lipinski definition) is 4. The van der Waals surface area contributed by atoms with Crippen molar-refractivity contribution in [3.63, 3.8) is 0 Å². The van der Waals surface area contributed by atoms with E-state index in [0.29, 0.717) is 6.54 Å². The van der Waals surface area contributed by atoms with Crippen molar-refractivity contribution in [3.8, 4) is 0 Å². The predicted octanol–water partition coefficient (Wildman–Crippen LogP) is -0.393. The van der Waals surface area contributed by atoms with Crippen molar-refractivity contribution in [2.24, 2.45) is 0 Å². The molecule has 0 aromatic carbocycles. The number of carboxylic acids is 1. The van der Waals surface area contributed by atoms with Crippen LogP contribution in [0.4, 0.5) is 4.79 Å². The summed E-state index contributed by atoms with van der Waals surface area (Å²) in [5.74, 6) is -1.14. The summed E-state index contributed by atoms with van der Waals surface area (Å²) in [6, 6.07) is -1.54. The zero-order valence-electron chi connectivity index (χ0n) is 11.1. The summed E-state index contributed by atoms with van der Waals surface area (Å²) < 4.78 is 0. The van der Waals surface area contributed by atoms with E-state index in [1.54, 1.807) is 0 Å². The molecule has 19 heavy (non-hydrogen) atoms. The molecule has 110 valence electrons. The van der Waals surface area contributed by atoms with Crippen LogP contribution in [-0.4, -0.2) is 65.9 Å². The number of aliphatic hydroxyl groups is 1. The highest BCUT2D eigenvalue weighted by Gasteiger charge is 2.19. The largest absolute Gasteiger partial charge is 0.480 e. The van der Waals surface area contributed by atoms with Gasteiger partial charge in [0.15, 0.2) is 0 Å². The van der Waals surface area contributed by atoms with E-state index in [-0.39, 0.29) is 13.0 Å². The van der Waals surface area contributed by atoms with Gasteiger partial charge in [-0.25, -0.2) is 9.59 Å². The van der Waals surface area contributed by atoms with E-state index in [2.05, 4.69) is 15.5 Å². The summed E-state index contributed by atoms with van der Waals surface area (Å²) in [5, 5.41) is 22.5. The van der Waals surface area contributed by atoms with Gasteiger partial charge in [-0.05, 0) is 25.9 Å². The molecule has 1 aliphatic heterocycles. The Hall–Kier alpha value is -1.34. The summed E-state index contributed by atoms with van der Waals surface area (Å²) >= 11 is 0. The van der Waals surface area contributed by atoms with Crippen LogP contribution in [0, 0.1) is 0 Å². The number of aliphatic carboxylic acids is 1. The summed E-state index contributed by atoms with van der Waals surface area (Å²) in [6.07, 6.45) is 3.67. The van der Waals surface area contributed by atoms with Gasteiger partial charge in [0.1, 0.15) is 6.04 Å². The van der Waals surface area contributed by atoms with E-state index in [9.17, 15) is 9.59 Å². The maximum absolute atomic E-state index is 11.5. The molecule has 0 spiro atoms. The zero-order chi connectivity index (χ0) is 14.1. The van der Waals surface area contributed by atoms with Crippen molar-refractivity contribution in [2.45, 2.75) is 31.7 Å². The summed E-state index contributed by atoms with van der Waals surface area (Å²) in [6.45, 7) is 3.13. The third kappa shape index (κ3) is 6.40. The Morgan fingerprint density at radius 2 is 1.89 bits per heavy atom. The molecule has 1 aliphatic rings. The van der Waals surface area contributed by atoms with Crippen molar-refractivity contribution in [1.82, 2.24) is 15.5 Å². The Balaban J connectivity index is 2.17. The first-order chi connectivity index (χ1) is 9.13. The van der Waals surface area contributed by atoms with Crippen LogP contribution in [0.1, 0.15) is 25.7 Å². The van der Waals surface area contributed by atoms with Gasteiger partial charge in [0, 0.05) is 26.1 Å². The molecule has 1 saturated heterocycles. The highest BCUT2D eigenvalue weighted by atomic mass is 16.4. The van der Waals surface area contributed by atoms with Crippen molar-refractivity contribution >= 4 is 12.0 Å². The lowest BCUT2D eigenvalue weighted by Crippen LogP contribution is -2.48. The molecule has 1 fully saturated rings. The summed E-state index contributed by atoms with van der Waals surface area (Å²) in [4.78, 5) is 24.6. The SMILES string of the molecule is O=C(NCCN1CCCCC1)N[C@@H](CCO)C(=O)O. The minimum absolute atomic E-state index is 0.00881. The van der Waals surface area contributed by atoms with E-state index in [4.69, 9.17) is 10.2 Å². The number of carbonyl (C=O) groups excluding carboxylic acids is 1. The number of piperidine rings is 1. The molecule has 1 atom stereocenters. The van der Waals surface area contributed by atoms with Gasteiger partial charge in [0.25, 0.3) is 0 Å². The molecule has 0 unspecified atom stereocenters. The third-order valence-electron chi connectivity index (χ3n) is 3.18. The molecule has 0 aromatic rings. The first kappa shape index (κ1) is 15.7. The minimum Gasteiger partial charge on any atom is -0.480 e. The Kier molecular flexibility index (Phi) is 7.20. The number of likely N-dealkylation sites (tertiary alicyclic amines) is 1. The number of hydrogen-bond donors (Lipinski definition) is 4. The van der Waals surface area contributed by atoms with Crippen LogP contribution in [0.25, 0.3) is 0 Å². The lowest BCUT2D eigenvalue weighted by atomic mass is 10.1. The van der Waals surface area contributed by atoms with E-state index < -0.39 is 18.0 Å². The molecule has 0 aromatic heterocycles. The smallest absolute Gasteiger partial charge is 0.326 e. The quantitative estimate of drug-likeness (QED) is 0.506. The molecule has 0 radical (unpaired) electrons. The molecule has 0 saturated carbocycles. The van der Waals surface area contributed by atoms with Gasteiger partial charge in [-0.3, -0.25) is 0 Å². The van der Waals surface area contributed by atoms with E-state index in [1.165, 1.54) is 19.3 Å². The Bertz CT molecular complexity index is 293. The van der Waals surface area contributed by atoms with Crippen molar-refractivity contribution in [1.29, 1.82) is 0 Å².